The standard InChI is InChI=1S/C10H17NO5S/c1-7(9(11)13)17(14,15)6-10(3-4-10)5-8(12)16-2/h7H,3-6H2,1-2H3,(H2,11,13). The lowest BCUT2D eigenvalue weighted by molar-refractivity contribution is -0.141. The third-order valence-corrected chi connectivity index (χ3v) is 5.48. The van der Waals surface area contributed by atoms with Crippen molar-refractivity contribution in [2.45, 2.75) is 31.4 Å². The zero-order valence-corrected chi connectivity index (χ0v) is 10.7. The predicted molar refractivity (Wildman–Crippen MR) is 60.7 cm³/mol. The molecule has 0 aromatic carbocycles. The first-order valence-electron chi connectivity index (χ1n) is 5.30. The highest BCUT2D eigenvalue weighted by molar-refractivity contribution is 7.92. The number of sulfone groups is 1. The van der Waals surface area contributed by atoms with Gasteiger partial charge >= 0.3 is 5.97 Å². The van der Waals surface area contributed by atoms with E-state index in [4.69, 9.17) is 5.73 Å². The van der Waals surface area contributed by atoms with Gasteiger partial charge in [-0.3, -0.25) is 9.59 Å². The molecule has 0 saturated heterocycles. The molecule has 98 valence electrons. The van der Waals surface area contributed by atoms with Crippen molar-refractivity contribution in [1.82, 2.24) is 0 Å². The van der Waals surface area contributed by atoms with Crippen LogP contribution in [-0.4, -0.2) is 38.4 Å². The van der Waals surface area contributed by atoms with Crippen LogP contribution in [-0.2, 0) is 24.2 Å². The summed E-state index contributed by atoms with van der Waals surface area (Å²) >= 11 is 0. The van der Waals surface area contributed by atoms with Crippen LogP contribution in [0.15, 0.2) is 0 Å². The average molecular weight is 263 g/mol. The summed E-state index contributed by atoms with van der Waals surface area (Å²) in [4.78, 5) is 22.0. The zero-order chi connectivity index (χ0) is 13.3. The van der Waals surface area contributed by atoms with Crippen LogP contribution in [0.4, 0.5) is 0 Å². The molecule has 0 radical (unpaired) electrons. The van der Waals surface area contributed by atoms with Crippen LogP contribution in [0.3, 0.4) is 0 Å². The molecule has 7 heteroatoms. The van der Waals surface area contributed by atoms with E-state index < -0.39 is 32.4 Å². The minimum atomic E-state index is -3.59. The molecular formula is C10H17NO5S. The topological polar surface area (TPSA) is 104 Å². The Hall–Kier alpha value is -1.11. The summed E-state index contributed by atoms with van der Waals surface area (Å²) in [6.45, 7) is 1.27. The van der Waals surface area contributed by atoms with E-state index in [1.807, 2.05) is 0 Å². The number of rotatable bonds is 6. The van der Waals surface area contributed by atoms with Gasteiger partial charge in [0.25, 0.3) is 0 Å². The Morgan fingerprint density at radius 2 is 1.94 bits per heavy atom. The Labute approximate surface area is 100 Å². The Bertz CT molecular complexity index is 424. The van der Waals surface area contributed by atoms with Crippen molar-refractivity contribution in [3.05, 3.63) is 0 Å². The number of carbonyl (C=O) groups is 2. The summed E-state index contributed by atoms with van der Waals surface area (Å²) in [5.74, 6) is -1.47. The van der Waals surface area contributed by atoms with Gasteiger partial charge in [-0.15, -0.1) is 0 Å². The summed E-state index contributed by atoms with van der Waals surface area (Å²) in [6, 6.07) is 0. The van der Waals surface area contributed by atoms with Crippen LogP contribution in [0.1, 0.15) is 26.2 Å². The molecular weight excluding hydrogens is 246 g/mol. The fourth-order valence-corrected chi connectivity index (χ4v) is 3.50. The first kappa shape index (κ1) is 14.0. The maximum atomic E-state index is 11.8. The fourth-order valence-electron chi connectivity index (χ4n) is 1.66. The smallest absolute Gasteiger partial charge is 0.306 e. The first-order chi connectivity index (χ1) is 7.72. The van der Waals surface area contributed by atoms with Gasteiger partial charge in [0, 0.05) is 0 Å². The predicted octanol–water partition coefficient (Wildman–Crippen LogP) is -0.382. The molecule has 1 fully saturated rings. The second-order valence-electron chi connectivity index (χ2n) is 4.60. The normalized spacial score (nSPS) is 19.4. The molecule has 1 aliphatic rings. The molecule has 0 aromatic rings. The van der Waals surface area contributed by atoms with Crippen molar-refractivity contribution < 1.29 is 22.7 Å². The quantitative estimate of drug-likeness (QED) is 0.658. The summed E-state index contributed by atoms with van der Waals surface area (Å²) in [7, 11) is -2.33. The number of esters is 1. The van der Waals surface area contributed by atoms with Crippen LogP contribution < -0.4 is 5.73 Å². The summed E-state index contributed by atoms with van der Waals surface area (Å²) < 4.78 is 28.2. The highest BCUT2D eigenvalue weighted by Gasteiger charge is 2.49. The van der Waals surface area contributed by atoms with Gasteiger partial charge in [0.05, 0.1) is 19.3 Å². The number of ether oxygens (including phenoxy) is 1. The fraction of sp³-hybridized carbons (Fsp3) is 0.800. The molecule has 1 unspecified atom stereocenters. The molecule has 1 saturated carbocycles. The molecule has 1 amide bonds. The number of carbonyl (C=O) groups excluding carboxylic acids is 2. The van der Waals surface area contributed by atoms with Gasteiger partial charge in [-0.1, -0.05) is 0 Å². The van der Waals surface area contributed by atoms with E-state index in [0.29, 0.717) is 12.8 Å². The van der Waals surface area contributed by atoms with Crippen molar-refractivity contribution in [1.29, 1.82) is 0 Å². The molecule has 0 aliphatic heterocycles. The van der Waals surface area contributed by atoms with Crippen LogP contribution in [0.2, 0.25) is 0 Å². The number of hydrogen-bond acceptors (Lipinski definition) is 5. The van der Waals surface area contributed by atoms with Gasteiger partial charge in [0.1, 0.15) is 5.25 Å². The van der Waals surface area contributed by atoms with E-state index in [1.54, 1.807) is 0 Å². The van der Waals surface area contributed by atoms with Gasteiger partial charge in [0.2, 0.25) is 5.91 Å². The average Bonchev–Trinajstić information content (AvgIpc) is 2.95. The number of amides is 1. The maximum absolute atomic E-state index is 11.8. The summed E-state index contributed by atoms with van der Waals surface area (Å²) in [6.07, 6.45) is 1.40. The van der Waals surface area contributed by atoms with Crippen molar-refractivity contribution >= 4 is 21.7 Å². The molecule has 6 nitrogen and oxygen atoms in total. The van der Waals surface area contributed by atoms with E-state index in [2.05, 4.69) is 4.74 Å². The number of primary amides is 1. The van der Waals surface area contributed by atoms with E-state index >= 15 is 0 Å². The second kappa shape index (κ2) is 4.64. The van der Waals surface area contributed by atoms with Crippen molar-refractivity contribution in [3.8, 4) is 0 Å². The Balaban J connectivity index is 2.71. The number of methoxy groups -OCH3 is 1. The molecule has 1 rings (SSSR count). The van der Waals surface area contributed by atoms with E-state index in [9.17, 15) is 18.0 Å². The molecule has 1 aliphatic carbocycles. The highest BCUT2D eigenvalue weighted by atomic mass is 32.2. The molecule has 0 spiro atoms. The van der Waals surface area contributed by atoms with Gasteiger partial charge in [-0.2, -0.15) is 0 Å². The Morgan fingerprint density at radius 3 is 2.29 bits per heavy atom. The lowest BCUT2D eigenvalue weighted by Gasteiger charge is -2.16. The minimum absolute atomic E-state index is 0.0776. The van der Waals surface area contributed by atoms with E-state index in [0.717, 1.165) is 0 Å². The van der Waals surface area contributed by atoms with Gasteiger partial charge in [-0.25, -0.2) is 8.42 Å². The third-order valence-electron chi connectivity index (χ3n) is 3.15. The minimum Gasteiger partial charge on any atom is -0.469 e. The van der Waals surface area contributed by atoms with Crippen LogP contribution in [0, 0.1) is 5.41 Å². The van der Waals surface area contributed by atoms with E-state index in [-0.39, 0.29) is 12.2 Å². The van der Waals surface area contributed by atoms with Crippen LogP contribution in [0.5, 0.6) is 0 Å². The lowest BCUT2D eigenvalue weighted by atomic mass is 10.1. The maximum Gasteiger partial charge on any atom is 0.306 e. The monoisotopic (exact) mass is 263 g/mol. The number of hydrogen-bond donors (Lipinski definition) is 1. The Morgan fingerprint density at radius 1 is 1.41 bits per heavy atom. The molecule has 0 heterocycles. The molecule has 1 atom stereocenters. The second-order valence-corrected chi connectivity index (χ2v) is 6.93. The summed E-state index contributed by atoms with van der Waals surface area (Å²) in [5.41, 5.74) is 4.43. The summed E-state index contributed by atoms with van der Waals surface area (Å²) in [5, 5.41) is -1.21. The van der Waals surface area contributed by atoms with Gasteiger partial charge < -0.3 is 10.5 Å². The molecule has 2 N–H and O–H groups in total. The number of nitrogens with two attached hydrogens (primary N) is 1. The van der Waals surface area contributed by atoms with Crippen LogP contribution >= 0.6 is 0 Å². The largest absolute Gasteiger partial charge is 0.469 e. The molecule has 17 heavy (non-hydrogen) atoms. The molecule has 0 aromatic heterocycles. The van der Waals surface area contributed by atoms with Crippen molar-refractivity contribution in [2.75, 3.05) is 12.9 Å². The van der Waals surface area contributed by atoms with Gasteiger partial charge in [0.15, 0.2) is 9.84 Å². The molecule has 0 bridgehead atoms. The Kier molecular flexibility index (Phi) is 3.81. The SMILES string of the molecule is COC(=O)CC1(CS(=O)(=O)C(C)C(N)=O)CC1. The van der Waals surface area contributed by atoms with Gasteiger partial charge in [-0.05, 0) is 25.2 Å². The van der Waals surface area contributed by atoms with Crippen molar-refractivity contribution in [2.24, 2.45) is 11.1 Å². The first-order valence-corrected chi connectivity index (χ1v) is 7.02. The highest BCUT2D eigenvalue weighted by Crippen LogP contribution is 2.50. The zero-order valence-electron chi connectivity index (χ0n) is 9.93. The third kappa shape index (κ3) is 3.42. The van der Waals surface area contributed by atoms with Crippen LogP contribution in [0.25, 0.3) is 0 Å². The van der Waals surface area contributed by atoms with E-state index in [1.165, 1.54) is 14.0 Å². The lowest BCUT2D eigenvalue weighted by Crippen LogP contribution is -2.37. The van der Waals surface area contributed by atoms with Crippen molar-refractivity contribution in [3.63, 3.8) is 0 Å².